The lowest BCUT2D eigenvalue weighted by molar-refractivity contribution is -0.142. The molecular formula is C11H21NO7S. The molecule has 1 fully saturated rings. The summed E-state index contributed by atoms with van der Waals surface area (Å²) in [6.07, 6.45) is -6.58. The fourth-order valence-corrected chi connectivity index (χ4v) is 3.65. The van der Waals surface area contributed by atoms with E-state index in [1.54, 1.807) is 0 Å². The molecule has 0 radical (unpaired) electrons. The second kappa shape index (κ2) is 7.55. The van der Waals surface area contributed by atoms with Crippen molar-refractivity contribution in [3.05, 3.63) is 0 Å². The topological polar surface area (TPSA) is 142 Å². The molecule has 6 N–H and O–H groups in total. The molecule has 1 aliphatic heterocycles. The van der Waals surface area contributed by atoms with E-state index in [0.717, 1.165) is 11.8 Å². The number of amides is 1. The Hall–Kier alpha value is -0.420. The predicted octanol–water partition coefficient (Wildman–Crippen LogP) is -3.30. The average molecular weight is 311 g/mol. The molecular weight excluding hydrogens is 290 g/mol. The smallest absolute Gasteiger partial charge is 0.220 e. The van der Waals surface area contributed by atoms with Gasteiger partial charge in [0.25, 0.3) is 0 Å². The minimum atomic E-state index is -1.74. The van der Waals surface area contributed by atoms with Crippen LogP contribution in [-0.4, -0.2) is 96.2 Å². The minimum Gasteiger partial charge on any atom is -0.394 e. The normalized spacial score (nSPS) is 29.1. The number of aliphatic hydroxyl groups is 6. The summed E-state index contributed by atoms with van der Waals surface area (Å²) in [7, 11) is 0. The van der Waals surface area contributed by atoms with Gasteiger partial charge in [0.1, 0.15) is 29.8 Å². The van der Waals surface area contributed by atoms with E-state index < -0.39 is 42.4 Å². The summed E-state index contributed by atoms with van der Waals surface area (Å²) < 4.78 is 0. The van der Waals surface area contributed by atoms with Crippen molar-refractivity contribution in [1.29, 1.82) is 0 Å². The van der Waals surface area contributed by atoms with Gasteiger partial charge in [0.15, 0.2) is 0 Å². The molecule has 1 aliphatic rings. The zero-order valence-corrected chi connectivity index (χ0v) is 11.8. The van der Waals surface area contributed by atoms with Crippen LogP contribution >= 0.6 is 11.8 Å². The van der Waals surface area contributed by atoms with Crippen molar-refractivity contribution >= 4 is 17.7 Å². The van der Waals surface area contributed by atoms with Gasteiger partial charge in [-0.3, -0.25) is 4.79 Å². The molecule has 0 aromatic rings. The summed E-state index contributed by atoms with van der Waals surface area (Å²) in [4.78, 5) is 12.8. The number of carbonyl (C=O) groups is 1. The van der Waals surface area contributed by atoms with Gasteiger partial charge < -0.3 is 35.5 Å². The third-order valence-electron chi connectivity index (χ3n) is 3.27. The van der Waals surface area contributed by atoms with Crippen molar-refractivity contribution in [3.63, 3.8) is 0 Å². The summed E-state index contributed by atoms with van der Waals surface area (Å²) in [6, 6.07) is -0.468. The second-order valence-corrected chi connectivity index (χ2v) is 5.86. The predicted molar refractivity (Wildman–Crippen MR) is 70.8 cm³/mol. The van der Waals surface area contributed by atoms with Gasteiger partial charge in [0.05, 0.1) is 19.3 Å². The van der Waals surface area contributed by atoms with Crippen molar-refractivity contribution < 1.29 is 35.4 Å². The zero-order valence-electron chi connectivity index (χ0n) is 11.0. The molecule has 1 saturated heterocycles. The van der Waals surface area contributed by atoms with Crippen LogP contribution in [0, 0.1) is 0 Å². The Morgan fingerprint density at radius 1 is 1.25 bits per heavy atom. The lowest BCUT2D eigenvalue weighted by atomic mass is 10.0. The molecule has 0 aromatic carbocycles. The van der Waals surface area contributed by atoms with Crippen LogP contribution in [-0.2, 0) is 4.79 Å². The Morgan fingerprint density at radius 2 is 1.85 bits per heavy atom. The SMILES string of the molecule is CC(=O)N1C(CO)CSC1C(O)C(O)C(O)C(O)CO. The van der Waals surface area contributed by atoms with Gasteiger partial charge in [-0.1, -0.05) is 0 Å². The molecule has 0 saturated carbocycles. The number of thioether (sulfide) groups is 1. The number of aliphatic hydroxyl groups excluding tert-OH is 6. The van der Waals surface area contributed by atoms with Gasteiger partial charge in [-0.25, -0.2) is 0 Å². The molecule has 6 atom stereocenters. The highest BCUT2D eigenvalue weighted by atomic mass is 32.2. The van der Waals surface area contributed by atoms with E-state index in [-0.39, 0.29) is 12.5 Å². The van der Waals surface area contributed by atoms with E-state index in [9.17, 15) is 30.3 Å². The fraction of sp³-hybridized carbons (Fsp3) is 0.909. The molecule has 0 aliphatic carbocycles. The van der Waals surface area contributed by atoms with Crippen LogP contribution in [0.1, 0.15) is 6.92 Å². The van der Waals surface area contributed by atoms with Crippen molar-refractivity contribution in [1.82, 2.24) is 4.90 Å². The van der Waals surface area contributed by atoms with E-state index in [2.05, 4.69) is 0 Å². The first-order chi connectivity index (χ1) is 9.34. The van der Waals surface area contributed by atoms with E-state index in [0.29, 0.717) is 5.75 Å². The molecule has 8 nitrogen and oxygen atoms in total. The highest BCUT2D eigenvalue weighted by Crippen LogP contribution is 2.33. The Bertz CT molecular complexity index is 332. The van der Waals surface area contributed by atoms with Crippen molar-refractivity contribution in [2.45, 2.75) is 42.8 Å². The fourth-order valence-electron chi connectivity index (χ4n) is 2.12. The molecule has 0 spiro atoms. The summed E-state index contributed by atoms with van der Waals surface area (Å²) in [5.41, 5.74) is 0. The van der Waals surface area contributed by atoms with Crippen molar-refractivity contribution in [3.8, 4) is 0 Å². The maximum Gasteiger partial charge on any atom is 0.220 e. The standard InChI is InChI=1S/C11H21NO7S/c1-5(15)12-6(2-13)4-20-11(12)10(19)9(18)8(17)7(16)3-14/h6-11,13-14,16-19H,2-4H2,1H3. The number of nitrogens with zero attached hydrogens (tertiary/aromatic N) is 1. The van der Waals surface area contributed by atoms with Gasteiger partial charge in [0.2, 0.25) is 5.91 Å². The van der Waals surface area contributed by atoms with Crippen LogP contribution in [0.3, 0.4) is 0 Å². The second-order valence-electron chi connectivity index (χ2n) is 4.71. The lowest BCUT2D eigenvalue weighted by Gasteiger charge is -2.34. The maximum atomic E-state index is 11.6. The lowest BCUT2D eigenvalue weighted by Crippen LogP contribution is -2.54. The first-order valence-corrected chi connectivity index (χ1v) is 7.24. The Labute approximate surface area is 120 Å². The minimum absolute atomic E-state index is 0.270. The van der Waals surface area contributed by atoms with E-state index in [1.165, 1.54) is 11.8 Å². The van der Waals surface area contributed by atoms with Gasteiger partial charge in [-0.15, -0.1) is 11.8 Å². The summed E-state index contributed by atoms with van der Waals surface area (Å²) in [6.45, 7) is 0.242. The summed E-state index contributed by atoms with van der Waals surface area (Å²) in [5, 5.41) is 55.8. The molecule has 0 bridgehead atoms. The van der Waals surface area contributed by atoms with Gasteiger partial charge in [-0.05, 0) is 0 Å². The van der Waals surface area contributed by atoms with E-state index >= 15 is 0 Å². The number of carbonyl (C=O) groups excluding carboxylic acids is 1. The Morgan fingerprint density at radius 3 is 2.30 bits per heavy atom. The van der Waals surface area contributed by atoms with Crippen LogP contribution in [0.15, 0.2) is 0 Å². The molecule has 20 heavy (non-hydrogen) atoms. The molecule has 1 rings (SSSR count). The number of hydrogen-bond acceptors (Lipinski definition) is 8. The molecule has 6 unspecified atom stereocenters. The number of hydrogen-bond donors (Lipinski definition) is 6. The van der Waals surface area contributed by atoms with Crippen LogP contribution in [0.4, 0.5) is 0 Å². The number of rotatable bonds is 6. The summed E-state index contributed by atoms with van der Waals surface area (Å²) >= 11 is 1.16. The van der Waals surface area contributed by atoms with Gasteiger partial charge in [-0.2, -0.15) is 0 Å². The highest BCUT2D eigenvalue weighted by molar-refractivity contribution is 8.00. The van der Waals surface area contributed by atoms with Crippen LogP contribution < -0.4 is 0 Å². The maximum absolute atomic E-state index is 11.6. The van der Waals surface area contributed by atoms with Gasteiger partial charge >= 0.3 is 0 Å². The van der Waals surface area contributed by atoms with Crippen LogP contribution in [0.2, 0.25) is 0 Å². The van der Waals surface area contributed by atoms with Gasteiger partial charge in [0, 0.05) is 12.7 Å². The zero-order chi connectivity index (χ0) is 15.4. The van der Waals surface area contributed by atoms with Crippen molar-refractivity contribution in [2.24, 2.45) is 0 Å². The highest BCUT2D eigenvalue weighted by Gasteiger charge is 2.44. The third kappa shape index (κ3) is 3.61. The molecule has 0 aromatic heterocycles. The first kappa shape index (κ1) is 17.6. The summed E-state index contributed by atoms with van der Waals surface area (Å²) in [5.74, 6) is 0.0194. The molecule has 1 amide bonds. The van der Waals surface area contributed by atoms with Crippen LogP contribution in [0.5, 0.6) is 0 Å². The quantitative estimate of drug-likeness (QED) is 0.300. The first-order valence-electron chi connectivity index (χ1n) is 6.19. The third-order valence-corrected chi connectivity index (χ3v) is 4.70. The molecule has 1 heterocycles. The molecule has 118 valence electrons. The van der Waals surface area contributed by atoms with E-state index in [1.807, 2.05) is 0 Å². The monoisotopic (exact) mass is 311 g/mol. The van der Waals surface area contributed by atoms with E-state index in [4.69, 9.17) is 5.11 Å². The molecule has 9 heteroatoms. The van der Waals surface area contributed by atoms with Crippen LogP contribution in [0.25, 0.3) is 0 Å². The largest absolute Gasteiger partial charge is 0.394 e. The Balaban J connectivity index is 2.80. The average Bonchev–Trinajstić information content (AvgIpc) is 2.87. The van der Waals surface area contributed by atoms with Crippen molar-refractivity contribution in [2.75, 3.05) is 19.0 Å². The Kier molecular flexibility index (Phi) is 6.65.